The zero-order valence-electron chi connectivity index (χ0n) is 13.0. The Morgan fingerprint density at radius 2 is 2.27 bits per heavy atom. The molecular weight excluding hydrogens is 322 g/mol. The van der Waals surface area contributed by atoms with Crippen LogP contribution in [-0.2, 0) is 9.53 Å². The SMILES string of the molecule is CCO[C@H](C)C(=O)NNC(=S)N1CCC(N=C(C)N)=C(S)C1. The quantitative estimate of drug-likeness (QED) is 0.195. The zero-order chi connectivity index (χ0) is 16.7. The van der Waals surface area contributed by atoms with E-state index in [4.69, 9.17) is 22.7 Å². The topological polar surface area (TPSA) is 92.0 Å². The van der Waals surface area contributed by atoms with E-state index >= 15 is 0 Å². The van der Waals surface area contributed by atoms with Gasteiger partial charge in [0.2, 0.25) is 0 Å². The van der Waals surface area contributed by atoms with E-state index < -0.39 is 6.10 Å². The van der Waals surface area contributed by atoms with Crippen LogP contribution in [0.4, 0.5) is 0 Å². The molecule has 0 radical (unpaired) electrons. The van der Waals surface area contributed by atoms with Gasteiger partial charge in [0.05, 0.1) is 18.1 Å². The molecule has 1 aliphatic heterocycles. The molecule has 0 saturated heterocycles. The van der Waals surface area contributed by atoms with Crippen LogP contribution in [0.25, 0.3) is 0 Å². The Hall–Kier alpha value is -1.32. The molecule has 7 nitrogen and oxygen atoms in total. The predicted molar refractivity (Wildman–Crippen MR) is 94.5 cm³/mol. The summed E-state index contributed by atoms with van der Waals surface area (Å²) < 4.78 is 5.19. The number of nitrogens with two attached hydrogens (primary N) is 1. The van der Waals surface area contributed by atoms with Crippen LogP contribution in [0.15, 0.2) is 15.6 Å². The van der Waals surface area contributed by atoms with Crippen molar-refractivity contribution in [2.24, 2.45) is 10.7 Å². The van der Waals surface area contributed by atoms with Crippen LogP contribution in [0.3, 0.4) is 0 Å². The molecule has 0 bridgehead atoms. The van der Waals surface area contributed by atoms with Crippen LogP contribution < -0.4 is 16.6 Å². The third-order valence-electron chi connectivity index (χ3n) is 2.97. The minimum Gasteiger partial charge on any atom is -0.387 e. The predicted octanol–water partition coefficient (Wildman–Crippen LogP) is 0.541. The first-order chi connectivity index (χ1) is 10.3. The largest absolute Gasteiger partial charge is 0.387 e. The zero-order valence-corrected chi connectivity index (χ0v) is 14.8. The van der Waals surface area contributed by atoms with Crippen LogP contribution in [-0.4, -0.2) is 47.6 Å². The summed E-state index contributed by atoms with van der Waals surface area (Å²) in [6, 6.07) is 0. The number of rotatable bonds is 4. The number of amidine groups is 1. The molecule has 9 heteroatoms. The van der Waals surface area contributed by atoms with Crippen molar-refractivity contribution < 1.29 is 9.53 Å². The Morgan fingerprint density at radius 3 is 2.82 bits per heavy atom. The van der Waals surface area contributed by atoms with Crippen LogP contribution in [0.1, 0.15) is 27.2 Å². The number of thiocarbonyl (C=S) groups is 1. The molecule has 0 unspecified atom stereocenters. The second-order valence-corrected chi connectivity index (χ2v) is 5.76. The lowest BCUT2D eigenvalue weighted by molar-refractivity contribution is -0.132. The number of carbonyl (C=O) groups is 1. The van der Waals surface area contributed by atoms with E-state index in [2.05, 4.69) is 28.5 Å². The van der Waals surface area contributed by atoms with Crippen molar-refractivity contribution >= 4 is 41.7 Å². The second kappa shape index (κ2) is 8.96. The van der Waals surface area contributed by atoms with Crippen molar-refractivity contribution in [3.8, 4) is 0 Å². The van der Waals surface area contributed by atoms with Gasteiger partial charge in [-0.2, -0.15) is 0 Å². The summed E-state index contributed by atoms with van der Waals surface area (Å²) in [7, 11) is 0. The van der Waals surface area contributed by atoms with Gasteiger partial charge in [-0.3, -0.25) is 15.6 Å². The Bertz CT molecular complexity index is 489. The third-order valence-corrected chi connectivity index (χ3v) is 3.73. The van der Waals surface area contributed by atoms with Crippen molar-refractivity contribution in [1.82, 2.24) is 15.8 Å². The maximum Gasteiger partial charge on any atom is 0.267 e. The normalized spacial score (nSPS) is 17.3. The Labute approximate surface area is 141 Å². The lowest BCUT2D eigenvalue weighted by atomic mass is 10.2. The van der Waals surface area contributed by atoms with Gasteiger partial charge in [0.15, 0.2) is 5.11 Å². The Morgan fingerprint density at radius 1 is 1.59 bits per heavy atom. The van der Waals surface area contributed by atoms with Crippen LogP contribution in [0.2, 0.25) is 0 Å². The maximum absolute atomic E-state index is 11.7. The monoisotopic (exact) mass is 345 g/mol. The first kappa shape index (κ1) is 18.7. The molecule has 1 heterocycles. The second-order valence-electron chi connectivity index (χ2n) is 4.84. The summed E-state index contributed by atoms with van der Waals surface area (Å²) in [6.07, 6.45) is 0.161. The van der Waals surface area contributed by atoms with Crippen molar-refractivity contribution in [2.75, 3.05) is 19.7 Å². The number of nitrogens with zero attached hydrogens (tertiary/aromatic N) is 2. The fraction of sp³-hybridized carbons (Fsp3) is 0.615. The van der Waals surface area contributed by atoms with Crippen molar-refractivity contribution in [3.05, 3.63) is 10.6 Å². The third kappa shape index (κ3) is 5.82. The molecule has 0 aromatic heterocycles. The molecule has 0 aromatic carbocycles. The number of thiol groups is 1. The molecule has 22 heavy (non-hydrogen) atoms. The van der Waals surface area contributed by atoms with Gasteiger partial charge in [0.1, 0.15) is 6.10 Å². The number of nitrogens with one attached hydrogen (secondary N) is 2. The average molecular weight is 345 g/mol. The van der Waals surface area contributed by atoms with Gasteiger partial charge in [0, 0.05) is 24.5 Å². The van der Waals surface area contributed by atoms with Gasteiger partial charge in [-0.05, 0) is 33.0 Å². The number of aliphatic imine (C=N–C) groups is 1. The Kier molecular flexibility index (Phi) is 7.63. The molecule has 0 saturated carbocycles. The summed E-state index contributed by atoms with van der Waals surface area (Å²) in [6.45, 7) is 6.93. The molecule has 124 valence electrons. The molecule has 1 atom stereocenters. The number of hydrazine groups is 1. The molecule has 4 N–H and O–H groups in total. The standard InChI is InChI=1S/C13H23N5O2S2/c1-4-20-8(2)12(19)16-17-13(22)18-6-5-10(11(21)7-18)15-9(3)14/h8,21H,4-7H2,1-3H3,(H2,14,15)(H,16,19)(H,17,22)/t8-/m1/s1. The van der Waals surface area contributed by atoms with E-state index in [0.717, 1.165) is 10.6 Å². The van der Waals surface area contributed by atoms with Crippen LogP contribution in [0.5, 0.6) is 0 Å². The van der Waals surface area contributed by atoms with Gasteiger partial charge in [-0.15, -0.1) is 12.6 Å². The highest BCUT2D eigenvalue weighted by atomic mass is 32.1. The minimum absolute atomic E-state index is 0.271. The van der Waals surface area contributed by atoms with Crippen LogP contribution in [0, 0.1) is 0 Å². The molecule has 0 aliphatic carbocycles. The van der Waals surface area contributed by atoms with Crippen molar-refractivity contribution in [2.45, 2.75) is 33.3 Å². The molecule has 1 aliphatic rings. The molecular formula is C13H23N5O2S2. The highest BCUT2D eigenvalue weighted by Gasteiger charge is 2.20. The molecule has 1 amide bonds. The minimum atomic E-state index is -0.532. The van der Waals surface area contributed by atoms with Gasteiger partial charge in [-0.1, -0.05) is 0 Å². The van der Waals surface area contributed by atoms with E-state index in [1.165, 1.54) is 0 Å². The summed E-state index contributed by atoms with van der Waals surface area (Å²) in [5.41, 5.74) is 11.7. The Balaban J connectivity index is 2.50. The van der Waals surface area contributed by atoms with E-state index in [0.29, 0.717) is 37.1 Å². The number of hydrogen-bond acceptors (Lipinski definition) is 5. The fourth-order valence-corrected chi connectivity index (χ4v) is 2.40. The first-order valence-corrected chi connectivity index (χ1v) is 7.88. The van der Waals surface area contributed by atoms with Crippen molar-refractivity contribution in [3.63, 3.8) is 0 Å². The first-order valence-electron chi connectivity index (χ1n) is 7.03. The number of hydrogen-bond donors (Lipinski definition) is 4. The number of ether oxygens (including phenoxy) is 1. The summed E-state index contributed by atoms with van der Waals surface area (Å²) >= 11 is 9.70. The van der Waals surface area contributed by atoms with Crippen LogP contribution >= 0.6 is 24.8 Å². The number of amides is 1. The molecule has 1 rings (SSSR count). The molecule has 0 aromatic rings. The highest BCUT2D eigenvalue weighted by Crippen LogP contribution is 2.21. The smallest absolute Gasteiger partial charge is 0.267 e. The fourth-order valence-electron chi connectivity index (χ4n) is 1.86. The van der Waals surface area contributed by atoms with E-state index in [-0.39, 0.29) is 5.91 Å². The van der Waals surface area contributed by atoms with Gasteiger partial charge < -0.3 is 15.4 Å². The van der Waals surface area contributed by atoms with Gasteiger partial charge in [-0.25, -0.2) is 4.99 Å². The van der Waals surface area contributed by atoms with Gasteiger partial charge >= 0.3 is 0 Å². The van der Waals surface area contributed by atoms with Crippen molar-refractivity contribution in [1.29, 1.82) is 0 Å². The number of carbonyl (C=O) groups excluding carboxylic acids is 1. The average Bonchev–Trinajstić information content (AvgIpc) is 2.46. The van der Waals surface area contributed by atoms with E-state index in [1.54, 1.807) is 13.8 Å². The highest BCUT2D eigenvalue weighted by molar-refractivity contribution is 7.84. The summed E-state index contributed by atoms with van der Waals surface area (Å²) in [4.78, 5) is 18.7. The summed E-state index contributed by atoms with van der Waals surface area (Å²) in [5.74, 6) is 0.236. The van der Waals surface area contributed by atoms with E-state index in [9.17, 15) is 4.79 Å². The maximum atomic E-state index is 11.7. The molecule has 0 fully saturated rings. The summed E-state index contributed by atoms with van der Waals surface area (Å²) in [5, 5.41) is 0.427. The lowest BCUT2D eigenvalue weighted by Gasteiger charge is -2.30. The van der Waals surface area contributed by atoms with E-state index in [1.807, 2.05) is 11.8 Å². The van der Waals surface area contributed by atoms with Gasteiger partial charge in [0.25, 0.3) is 5.91 Å². The molecule has 0 spiro atoms. The lowest BCUT2D eigenvalue weighted by Crippen LogP contribution is -2.52.